The van der Waals surface area contributed by atoms with Crippen LogP contribution in [0.2, 0.25) is 0 Å². The summed E-state index contributed by atoms with van der Waals surface area (Å²) in [7, 11) is -3.14. The maximum Gasteiger partial charge on any atom is 0.409 e. The molecule has 3 heterocycles. The summed E-state index contributed by atoms with van der Waals surface area (Å²) in [6.45, 7) is 14.8. The van der Waals surface area contributed by atoms with Crippen LogP contribution in [0.15, 0.2) is 66.6 Å². The van der Waals surface area contributed by atoms with Gasteiger partial charge in [0, 0.05) is 41.3 Å². The highest BCUT2D eigenvalue weighted by molar-refractivity contribution is 7.85. The Balaban J connectivity index is 1.20. The van der Waals surface area contributed by atoms with Crippen molar-refractivity contribution in [1.82, 2.24) is 30.2 Å². The standard InChI is InChI=1S/C46H57N7O10S2/c1-9-28-23-46(28,42(56)52-65(58,59)63-37-17-13-10-14-27(37)4)51-40(54)36-21-31(24-53(36)41(55)39(45(5,6)7)50-44(57)62-29-15-11-12-16-29)61-38-22-34(35-25-64-43(49-35)47-26(2)3)48-33-20-30(60-8)18-19-32(33)38/h9-10,13-14,17-20,22,25-26,28-29,31,36,39H,1,11-12,15-16,21,23-24H2,2-8H3,(H,47,49)(H,50,57)(H,51,54)(H,52,56)/t28-,31-,36+,39-,46-/m1/s1. The lowest BCUT2D eigenvalue weighted by atomic mass is 9.85. The number of rotatable bonds is 16. The van der Waals surface area contributed by atoms with E-state index in [2.05, 4.69) is 22.5 Å². The van der Waals surface area contributed by atoms with Gasteiger partial charge in [-0.25, -0.2) is 19.5 Å². The van der Waals surface area contributed by atoms with E-state index in [4.69, 9.17) is 28.4 Å². The van der Waals surface area contributed by atoms with Crippen LogP contribution in [0.5, 0.6) is 17.2 Å². The van der Waals surface area contributed by atoms with Crippen LogP contribution in [0.4, 0.5) is 9.93 Å². The summed E-state index contributed by atoms with van der Waals surface area (Å²) in [6.07, 6.45) is 2.98. The molecule has 3 aliphatic rings. The molecule has 2 aromatic carbocycles. The number of methoxy groups -OCH3 is 1. The number of aryl methyl sites for hydroxylation is 1. The number of para-hydroxylation sites is 1. The molecule has 348 valence electrons. The Morgan fingerprint density at radius 2 is 1.74 bits per heavy atom. The summed E-state index contributed by atoms with van der Waals surface area (Å²) in [5.41, 5.74) is -0.381. The zero-order valence-corrected chi connectivity index (χ0v) is 39.3. The summed E-state index contributed by atoms with van der Waals surface area (Å²) in [5, 5.41) is 12.1. The molecule has 1 saturated heterocycles. The number of anilines is 1. The first kappa shape index (κ1) is 47.0. The number of nitrogens with one attached hydrogen (secondary N) is 4. The molecule has 4 aromatic rings. The van der Waals surface area contributed by atoms with E-state index >= 15 is 0 Å². The highest BCUT2D eigenvalue weighted by Gasteiger charge is 2.62. The quantitative estimate of drug-likeness (QED) is 0.0893. The van der Waals surface area contributed by atoms with Crippen molar-refractivity contribution in [3.05, 3.63) is 72.1 Å². The largest absolute Gasteiger partial charge is 0.497 e. The molecule has 5 atom stereocenters. The van der Waals surface area contributed by atoms with Crippen molar-refractivity contribution in [2.75, 3.05) is 19.0 Å². The average Bonchev–Trinajstić information content (AvgIpc) is 3.65. The number of fused-ring (bicyclic) bond motifs is 1. The Kier molecular flexibility index (Phi) is 13.7. The second-order valence-electron chi connectivity index (χ2n) is 18.2. The predicted octanol–water partition coefficient (Wildman–Crippen LogP) is 6.43. The van der Waals surface area contributed by atoms with E-state index in [-0.39, 0.29) is 37.3 Å². The van der Waals surface area contributed by atoms with Crippen molar-refractivity contribution in [1.29, 1.82) is 0 Å². The molecular weight excluding hydrogens is 875 g/mol. The fourth-order valence-corrected chi connectivity index (χ4v) is 9.97. The van der Waals surface area contributed by atoms with Gasteiger partial charge in [-0.15, -0.1) is 17.9 Å². The van der Waals surface area contributed by atoms with Crippen molar-refractivity contribution in [3.63, 3.8) is 0 Å². The first-order valence-electron chi connectivity index (χ1n) is 21.7. The third-order valence-electron chi connectivity index (χ3n) is 11.8. The van der Waals surface area contributed by atoms with Gasteiger partial charge in [0.15, 0.2) is 5.13 Å². The average molecular weight is 932 g/mol. The SMILES string of the molecule is C=C[C@@H]1C[C@]1(NC(=O)[C@@H]1C[C@@H](Oc2cc(-c3csc(NC(C)C)n3)nc3cc(OC)ccc23)CN1C(=O)[C@@H](NC(=O)OC1CCCC1)C(C)(C)C)C(=O)NS(=O)(=O)Oc1ccccc1C. The van der Waals surface area contributed by atoms with Gasteiger partial charge in [-0.2, -0.15) is 8.42 Å². The summed E-state index contributed by atoms with van der Waals surface area (Å²) in [4.78, 5) is 67.8. The van der Waals surface area contributed by atoms with Crippen LogP contribution in [-0.2, 0) is 29.4 Å². The molecule has 65 heavy (non-hydrogen) atoms. The smallest absolute Gasteiger partial charge is 0.409 e. The maximum absolute atomic E-state index is 14.9. The van der Waals surface area contributed by atoms with Crippen molar-refractivity contribution in [3.8, 4) is 28.6 Å². The number of hydrogen-bond donors (Lipinski definition) is 4. The van der Waals surface area contributed by atoms with E-state index < -0.39 is 69.2 Å². The van der Waals surface area contributed by atoms with E-state index in [0.29, 0.717) is 39.4 Å². The number of hydrogen-bond acceptors (Lipinski definition) is 14. The molecule has 2 aliphatic carbocycles. The molecule has 4 amide bonds. The number of pyridine rings is 1. The molecule has 0 unspecified atom stereocenters. The van der Waals surface area contributed by atoms with Crippen molar-refractivity contribution in [2.45, 2.75) is 116 Å². The number of alkyl carbamates (subject to hydrolysis) is 1. The molecule has 2 aromatic heterocycles. The molecule has 7 rings (SSSR count). The van der Waals surface area contributed by atoms with Gasteiger partial charge in [0.2, 0.25) is 11.8 Å². The monoisotopic (exact) mass is 931 g/mol. The Hall–Kier alpha value is -5.95. The molecule has 0 bridgehead atoms. The summed E-state index contributed by atoms with van der Waals surface area (Å²) in [5.74, 6) is -1.99. The van der Waals surface area contributed by atoms with Crippen molar-refractivity contribution < 1.29 is 46.0 Å². The fourth-order valence-electron chi connectivity index (χ4n) is 8.25. The molecule has 4 N–H and O–H groups in total. The van der Waals surface area contributed by atoms with Crippen LogP contribution in [0, 0.1) is 18.3 Å². The first-order valence-corrected chi connectivity index (χ1v) is 24.0. The van der Waals surface area contributed by atoms with Gasteiger partial charge < -0.3 is 39.2 Å². The minimum atomic E-state index is -4.69. The lowest BCUT2D eigenvalue weighted by Gasteiger charge is -2.35. The van der Waals surface area contributed by atoms with Crippen LogP contribution < -0.4 is 34.3 Å². The van der Waals surface area contributed by atoms with Gasteiger partial charge in [-0.3, -0.25) is 14.4 Å². The number of carbonyl (C=O) groups excluding carboxylic acids is 4. The third-order valence-corrected chi connectivity index (χ3v) is 13.4. The number of carbonyl (C=O) groups is 4. The van der Waals surface area contributed by atoms with Crippen LogP contribution in [0.1, 0.15) is 78.7 Å². The number of nitrogens with zero attached hydrogens (tertiary/aromatic N) is 3. The number of ether oxygens (including phenoxy) is 3. The van der Waals surface area contributed by atoms with Gasteiger partial charge in [0.1, 0.15) is 52.8 Å². The number of aromatic nitrogens is 2. The summed E-state index contributed by atoms with van der Waals surface area (Å²) < 4.78 is 51.5. The van der Waals surface area contributed by atoms with E-state index in [1.165, 1.54) is 28.4 Å². The summed E-state index contributed by atoms with van der Waals surface area (Å²) >= 11 is 1.44. The topological polar surface area (TPSA) is 216 Å². The van der Waals surface area contributed by atoms with Gasteiger partial charge in [0.05, 0.1) is 24.9 Å². The molecule has 0 spiro atoms. The number of thiazole rings is 1. The molecular formula is C46H57N7O10S2. The minimum absolute atomic E-state index is 0.0231. The number of amides is 4. The van der Waals surface area contributed by atoms with E-state index in [0.717, 1.165) is 30.8 Å². The normalized spacial score (nSPS) is 21.4. The Morgan fingerprint density at radius 1 is 1.00 bits per heavy atom. The molecule has 3 fully saturated rings. The third kappa shape index (κ3) is 10.8. The van der Waals surface area contributed by atoms with E-state index in [1.54, 1.807) is 71.2 Å². The number of benzene rings is 2. The Labute approximate surface area is 383 Å². The molecule has 19 heteroatoms. The van der Waals surface area contributed by atoms with Gasteiger partial charge in [0.25, 0.3) is 5.91 Å². The highest BCUT2D eigenvalue weighted by atomic mass is 32.2. The second kappa shape index (κ2) is 18.9. The van der Waals surface area contributed by atoms with Crippen LogP contribution in [0.25, 0.3) is 22.3 Å². The van der Waals surface area contributed by atoms with Crippen LogP contribution in [0.3, 0.4) is 0 Å². The van der Waals surface area contributed by atoms with Crippen molar-refractivity contribution in [2.24, 2.45) is 11.3 Å². The van der Waals surface area contributed by atoms with Crippen molar-refractivity contribution >= 4 is 61.5 Å². The van der Waals surface area contributed by atoms with Gasteiger partial charge >= 0.3 is 16.4 Å². The molecule has 17 nitrogen and oxygen atoms in total. The lowest BCUT2D eigenvalue weighted by molar-refractivity contribution is -0.143. The summed E-state index contributed by atoms with van der Waals surface area (Å²) in [6, 6.07) is 11.3. The van der Waals surface area contributed by atoms with E-state index in [9.17, 15) is 27.6 Å². The number of likely N-dealkylation sites (tertiary alicyclic amines) is 1. The molecule has 0 radical (unpaired) electrons. The van der Waals surface area contributed by atoms with Crippen LogP contribution >= 0.6 is 11.3 Å². The molecule has 2 saturated carbocycles. The molecule has 1 aliphatic heterocycles. The zero-order valence-electron chi connectivity index (χ0n) is 37.6. The highest BCUT2D eigenvalue weighted by Crippen LogP contribution is 2.45. The second-order valence-corrected chi connectivity index (χ2v) is 20.3. The van der Waals surface area contributed by atoms with Crippen LogP contribution in [-0.4, -0.2) is 96.6 Å². The lowest BCUT2D eigenvalue weighted by Crippen LogP contribution is -2.60. The van der Waals surface area contributed by atoms with Gasteiger partial charge in [-0.05, 0) is 82.1 Å². The Bertz CT molecular complexity index is 2570. The van der Waals surface area contributed by atoms with E-state index in [1.807, 2.05) is 30.0 Å². The minimum Gasteiger partial charge on any atom is -0.497 e. The maximum atomic E-state index is 14.9. The first-order chi connectivity index (χ1) is 30.8. The fraction of sp³-hybridized carbons (Fsp3) is 0.478. The predicted molar refractivity (Wildman–Crippen MR) is 246 cm³/mol. The van der Waals surface area contributed by atoms with Gasteiger partial charge in [-0.1, -0.05) is 45.0 Å². The Morgan fingerprint density at radius 3 is 2.40 bits per heavy atom. The zero-order chi connectivity index (χ0) is 46.8.